The van der Waals surface area contributed by atoms with Gasteiger partial charge in [-0.3, -0.25) is 0 Å². The molecule has 19 heavy (non-hydrogen) atoms. The van der Waals surface area contributed by atoms with Gasteiger partial charge < -0.3 is 5.11 Å². The molecule has 0 bridgehead atoms. The summed E-state index contributed by atoms with van der Waals surface area (Å²) in [7, 11) is -3.80. The van der Waals surface area contributed by atoms with E-state index in [1.807, 2.05) is 6.92 Å². The fourth-order valence-corrected chi connectivity index (χ4v) is 3.35. The Morgan fingerprint density at radius 3 is 2.58 bits per heavy atom. The monoisotopic (exact) mass is 309 g/mol. The third-order valence-corrected chi connectivity index (χ3v) is 4.95. The zero-order valence-corrected chi connectivity index (χ0v) is 12.4. The summed E-state index contributed by atoms with van der Waals surface area (Å²) in [6.45, 7) is 3.39. The Morgan fingerprint density at radius 2 is 2.11 bits per heavy atom. The average Bonchev–Trinajstić information content (AvgIpc) is 2.32. The lowest BCUT2D eigenvalue weighted by atomic mass is 9.97. The summed E-state index contributed by atoms with van der Waals surface area (Å²) in [5, 5.41) is 8.73. The number of nitrogens with one attached hydrogen (secondary N) is 1. The van der Waals surface area contributed by atoms with Crippen LogP contribution in [-0.2, 0) is 10.0 Å². The van der Waals surface area contributed by atoms with Crippen molar-refractivity contribution in [1.82, 2.24) is 4.72 Å². The first-order chi connectivity index (χ1) is 8.74. The molecule has 0 fully saturated rings. The molecule has 2 N–H and O–H groups in total. The largest absolute Gasteiger partial charge is 0.396 e. The smallest absolute Gasteiger partial charge is 0.241 e. The van der Waals surface area contributed by atoms with Gasteiger partial charge in [-0.1, -0.05) is 18.5 Å². The number of benzene rings is 1. The highest BCUT2D eigenvalue weighted by atomic mass is 35.5. The van der Waals surface area contributed by atoms with Crippen LogP contribution in [0.1, 0.15) is 26.7 Å². The van der Waals surface area contributed by atoms with E-state index in [0.29, 0.717) is 6.42 Å². The molecule has 0 aliphatic rings. The van der Waals surface area contributed by atoms with E-state index in [1.165, 1.54) is 0 Å². The molecule has 1 atom stereocenters. The molecule has 0 radical (unpaired) electrons. The molecule has 0 heterocycles. The number of sulfonamides is 1. The van der Waals surface area contributed by atoms with Gasteiger partial charge in [0.25, 0.3) is 0 Å². The fourth-order valence-electron chi connectivity index (χ4n) is 1.57. The normalized spacial score (nSPS) is 15.2. The van der Waals surface area contributed by atoms with Crippen molar-refractivity contribution in [2.45, 2.75) is 37.1 Å². The summed E-state index contributed by atoms with van der Waals surface area (Å²) < 4.78 is 39.9. The topological polar surface area (TPSA) is 66.4 Å². The molecule has 7 heteroatoms. The standard InChI is InChI=1S/C12H17ClFNO3S/c1-3-12(2,6-7-16)15-19(17,18)9-4-5-11(14)10(13)8-9/h4-5,8,15-16H,3,6-7H2,1-2H3. The Bertz CT molecular complexity index is 550. The van der Waals surface area contributed by atoms with E-state index < -0.39 is 21.4 Å². The third kappa shape index (κ3) is 4.14. The van der Waals surface area contributed by atoms with Crippen molar-refractivity contribution in [3.8, 4) is 0 Å². The lowest BCUT2D eigenvalue weighted by Crippen LogP contribution is -2.46. The van der Waals surface area contributed by atoms with Crippen molar-refractivity contribution in [3.05, 3.63) is 29.0 Å². The van der Waals surface area contributed by atoms with Gasteiger partial charge >= 0.3 is 0 Å². The average molecular weight is 310 g/mol. The number of aliphatic hydroxyl groups excluding tert-OH is 1. The molecular weight excluding hydrogens is 293 g/mol. The Labute approximate surface area is 117 Å². The van der Waals surface area contributed by atoms with Crippen molar-refractivity contribution < 1.29 is 17.9 Å². The van der Waals surface area contributed by atoms with Gasteiger partial charge in [0.2, 0.25) is 10.0 Å². The number of halogens is 2. The first-order valence-corrected chi connectivity index (χ1v) is 7.70. The van der Waals surface area contributed by atoms with Crippen molar-refractivity contribution >= 4 is 21.6 Å². The molecule has 0 saturated heterocycles. The Kier molecular flexibility index (Phi) is 5.32. The van der Waals surface area contributed by atoms with Gasteiger partial charge in [0.1, 0.15) is 5.82 Å². The van der Waals surface area contributed by atoms with Crippen LogP contribution < -0.4 is 4.72 Å². The summed E-state index contributed by atoms with van der Waals surface area (Å²) in [6, 6.07) is 3.22. The van der Waals surface area contributed by atoms with Crippen LogP contribution in [0, 0.1) is 5.82 Å². The van der Waals surface area contributed by atoms with Crippen molar-refractivity contribution in [2.75, 3.05) is 6.61 Å². The molecule has 1 aromatic rings. The van der Waals surface area contributed by atoms with Gasteiger partial charge in [-0.2, -0.15) is 0 Å². The molecule has 0 amide bonds. The molecule has 0 aliphatic heterocycles. The van der Waals surface area contributed by atoms with Crippen LogP contribution in [0.3, 0.4) is 0 Å². The highest BCUT2D eigenvalue weighted by Gasteiger charge is 2.28. The van der Waals surface area contributed by atoms with E-state index in [1.54, 1.807) is 6.92 Å². The maximum Gasteiger partial charge on any atom is 0.241 e. The maximum atomic E-state index is 13.0. The second kappa shape index (κ2) is 6.17. The second-order valence-corrected chi connectivity index (χ2v) is 6.66. The van der Waals surface area contributed by atoms with Gasteiger partial charge in [-0.25, -0.2) is 17.5 Å². The predicted octanol–water partition coefficient (Wildman–Crippen LogP) is 2.31. The number of rotatable bonds is 6. The first kappa shape index (κ1) is 16.4. The minimum atomic E-state index is -3.80. The minimum Gasteiger partial charge on any atom is -0.396 e. The first-order valence-electron chi connectivity index (χ1n) is 5.84. The summed E-state index contributed by atoms with van der Waals surface area (Å²) >= 11 is 5.58. The molecular formula is C12H17ClFNO3S. The molecule has 0 saturated carbocycles. The lowest BCUT2D eigenvalue weighted by Gasteiger charge is -2.28. The maximum absolute atomic E-state index is 13.0. The van der Waals surface area contributed by atoms with Crippen LogP contribution in [0.15, 0.2) is 23.1 Å². The van der Waals surface area contributed by atoms with Crippen LogP contribution in [0.4, 0.5) is 4.39 Å². The molecule has 4 nitrogen and oxygen atoms in total. The van der Waals surface area contributed by atoms with E-state index in [0.717, 1.165) is 18.2 Å². The lowest BCUT2D eigenvalue weighted by molar-refractivity contribution is 0.233. The molecule has 0 spiro atoms. The van der Waals surface area contributed by atoms with Gasteiger partial charge in [0, 0.05) is 12.1 Å². The molecule has 1 rings (SSSR count). The van der Waals surface area contributed by atoms with Crippen molar-refractivity contribution in [3.63, 3.8) is 0 Å². The highest BCUT2D eigenvalue weighted by Crippen LogP contribution is 2.22. The Hall–Kier alpha value is -0.690. The van der Waals surface area contributed by atoms with Crippen LogP contribution in [0.25, 0.3) is 0 Å². The van der Waals surface area contributed by atoms with Crippen molar-refractivity contribution in [2.24, 2.45) is 0 Å². The number of hydrogen-bond acceptors (Lipinski definition) is 3. The van der Waals surface area contributed by atoms with Gasteiger partial charge in [-0.05, 0) is 38.0 Å². The molecule has 1 aromatic carbocycles. The third-order valence-electron chi connectivity index (χ3n) is 3.03. The van der Waals surface area contributed by atoms with Crippen LogP contribution in [0.5, 0.6) is 0 Å². The summed E-state index contributed by atoms with van der Waals surface area (Å²) in [4.78, 5) is -0.100. The predicted molar refractivity (Wildman–Crippen MR) is 72.1 cm³/mol. The van der Waals surface area contributed by atoms with Crippen molar-refractivity contribution in [1.29, 1.82) is 0 Å². The SMILES string of the molecule is CCC(C)(CCO)NS(=O)(=O)c1ccc(F)c(Cl)c1. The van der Waals surface area contributed by atoms with E-state index in [2.05, 4.69) is 4.72 Å². The second-order valence-electron chi connectivity index (χ2n) is 4.57. The Morgan fingerprint density at radius 1 is 1.47 bits per heavy atom. The van der Waals surface area contributed by atoms with Crippen LogP contribution in [-0.4, -0.2) is 25.7 Å². The van der Waals surface area contributed by atoms with Gasteiger partial charge in [0.15, 0.2) is 0 Å². The van der Waals surface area contributed by atoms with E-state index in [-0.39, 0.29) is 22.9 Å². The summed E-state index contributed by atoms with van der Waals surface area (Å²) in [6.07, 6.45) is 0.805. The van der Waals surface area contributed by atoms with Crippen LogP contribution >= 0.6 is 11.6 Å². The van der Waals surface area contributed by atoms with E-state index in [9.17, 15) is 12.8 Å². The number of aliphatic hydroxyl groups is 1. The van der Waals surface area contributed by atoms with Gasteiger partial charge in [0.05, 0.1) is 9.92 Å². The molecule has 1 unspecified atom stereocenters. The van der Waals surface area contributed by atoms with Crippen LogP contribution in [0.2, 0.25) is 5.02 Å². The Balaban J connectivity index is 3.07. The van der Waals surface area contributed by atoms with E-state index >= 15 is 0 Å². The summed E-state index contributed by atoms with van der Waals surface area (Å²) in [5.74, 6) is -0.672. The zero-order chi connectivity index (χ0) is 14.7. The van der Waals surface area contributed by atoms with E-state index in [4.69, 9.17) is 16.7 Å². The zero-order valence-electron chi connectivity index (χ0n) is 10.8. The van der Waals surface area contributed by atoms with Gasteiger partial charge in [-0.15, -0.1) is 0 Å². The minimum absolute atomic E-state index is 0.100. The fraction of sp³-hybridized carbons (Fsp3) is 0.500. The molecule has 108 valence electrons. The molecule has 0 aromatic heterocycles. The summed E-state index contributed by atoms with van der Waals surface area (Å²) in [5.41, 5.74) is -0.756. The molecule has 0 aliphatic carbocycles. The quantitative estimate of drug-likeness (QED) is 0.847. The highest BCUT2D eigenvalue weighted by molar-refractivity contribution is 7.89. The number of hydrogen-bond donors (Lipinski definition) is 2.